The molecule has 22 heavy (non-hydrogen) atoms. The van der Waals surface area contributed by atoms with E-state index in [1.165, 1.54) is 27.4 Å². The van der Waals surface area contributed by atoms with Gasteiger partial charge in [0.15, 0.2) is 18.2 Å². The molecule has 0 N–H and O–H groups in total. The molecule has 2 rings (SSSR count). The van der Waals surface area contributed by atoms with E-state index >= 15 is 0 Å². The van der Waals surface area contributed by atoms with E-state index in [0.29, 0.717) is 13.1 Å². The van der Waals surface area contributed by atoms with Crippen LogP contribution in [0.4, 0.5) is 4.39 Å². The minimum atomic E-state index is -3.22. The van der Waals surface area contributed by atoms with Crippen LogP contribution in [0.1, 0.15) is 6.92 Å². The van der Waals surface area contributed by atoms with E-state index in [-0.39, 0.29) is 37.1 Å². The molecule has 1 amide bonds. The minimum Gasteiger partial charge on any atom is -0.481 e. The van der Waals surface area contributed by atoms with E-state index in [2.05, 4.69) is 0 Å². The third kappa shape index (κ3) is 3.95. The normalized spacial score (nSPS) is 16.5. The Labute approximate surface area is 129 Å². The van der Waals surface area contributed by atoms with Crippen molar-refractivity contribution in [1.82, 2.24) is 9.21 Å². The summed E-state index contributed by atoms with van der Waals surface area (Å²) >= 11 is 0. The first kappa shape index (κ1) is 16.7. The number of nitrogens with zero attached hydrogens (tertiary/aromatic N) is 2. The summed E-state index contributed by atoms with van der Waals surface area (Å²) in [7, 11) is -3.22. The van der Waals surface area contributed by atoms with Crippen LogP contribution in [-0.4, -0.2) is 62.1 Å². The number of carbonyl (C=O) groups is 1. The fraction of sp³-hybridized carbons (Fsp3) is 0.500. The van der Waals surface area contributed by atoms with Gasteiger partial charge in [-0.1, -0.05) is 12.1 Å². The first-order valence-electron chi connectivity index (χ1n) is 7.07. The molecular weight excluding hydrogens is 311 g/mol. The number of halogens is 1. The number of amides is 1. The summed E-state index contributed by atoms with van der Waals surface area (Å²) in [5, 5.41) is 0. The second kappa shape index (κ2) is 7.06. The van der Waals surface area contributed by atoms with Crippen molar-refractivity contribution in [3.8, 4) is 5.75 Å². The molecule has 0 radical (unpaired) electrons. The van der Waals surface area contributed by atoms with Crippen LogP contribution in [0.5, 0.6) is 5.75 Å². The highest BCUT2D eigenvalue weighted by atomic mass is 32.2. The molecule has 0 unspecified atom stereocenters. The van der Waals surface area contributed by atoms with Crippen LogP contribution in [0.2, 0.25) is 0 Å². The van der Waals surface area contributed by atoms with Gasteiger partial charge < -0.3 is 9.64 Å². The van der Waals surface area contributed by atoms with Crippen molar-refractivity contribution in [2.45, 2.75) is 6.92 Å². The lowest BCUT2D eigenvalue weighted by molar-refractivity contribution is -0.134. The van der Waals surface area contributed by atoms with Crippen molar-refractivity contribution in [3.63, 3.8) is 0 Å². The number of rotatable bonds is 5. The minimum absolute atomic E-state index is 0.0306. The molecule has 6 nitrogen and oxygen atoms in total. The maximum absolute atomic E-state index is 13.4. The van der Waals surface area contributed by atoms with E-state index in [1.807, 2.05) is 0 Å². The molecule has 0 aromatic heterocycles. The van der Waals surface area contributed by atoms with Gasteiger partial charge in [-0.05, 0) is 19.1 Å². The van der Waals surface area contributed by atoms with Crippen molar-refractivity contribution in [2.75, 3.05) is 38.5 Å². The highest BCUT2D eigenvalue weighted by molar-refractivity contribution is 7.89. The lowest BCUT2D eigenvalue weighted by Crippen LogP contribution is -2.51. The van der Waals surface area contributed by atoms with Gasteiger partial charge in [0.2, 0.25) is 10.0 Å². The van der Waals surface area contributed by atoms with Gasteiger partial charge in [-0.2, -0.15) is 4.31 Å². The number of hydrogen-bond acceptors (Lipinski definition) is 4. The average Bonchev–Trinajstić information content (AvgIpc) is 2.54. The van der Waals surface area contributed by atoms with Crippen LogP contribution in [0.15, 0.2) is 24.3 Å². The lowest BCUT2D eigenvalue weighted by Gasteiger charge is -2.33. The summed E-state index contributed by atoms with van der Waals surface area (Å²) in [6, 6.07) is 5.87. The summed E-state index contributed by atoms with van der Waals surface area (Å²) in [6.45, 7) is 2.52. The zero-order valence-electron chi connectivity index (χ0n) is 12.4. The predicted octanol–water partition coefficient (Wildman–Crippen LogP) is 0.698. The van der Waals surface area contributed by atoms with E-state index in [9.17, 15) is 17.6 Å². The second-order valence-corrected chi connectivity index (χ2v) is 7.16. The molecule has 0 spiro atoms. The number of benzene rings is 1. The highest BCUT2D eigenvalue weighted by Gasteiger charge is 2.27. The Balaban J connectivity index is 1.84. The molecule has 1 aromatic carbocycles. The maximum atomic E-state index is 13.4. The molecule has 122 valence electrons. The van der Waals surface area contributed by atoms with Crippen molar-refractivity contribution in [3.05, 3.63) is 30.1 Å². The number of hydrogen-bond donors (Lipinski definition) is 0. The third-order valence-electron chi connectivity index (χ3n) is 3.54. The standard InChI is InChI=1S/C14H19FN2O4S/c1-2-22(19,20)17-9-7-16(8-10-17)14(18)11-21-13-6-4-3-5-12(13)15/h3-6H,2,7-11H2,1H3. The SMILES string of the molecule is CCS(=O)(=O)N1CCN(C(=O)COc2ccccc2F)CC1. The molecule has 0 bridgehead atoms. The molecule has 0 atom stereocenters. The Bertz CT molecular complexity index is 627. The quantitative estimate of drug-likeness (QED) is 0.797. The van der Waals surface area contributed by atoms with E-state index in [0.717, 1.165) is 0 Å². The molecule has 1 aliphatic heterocycles. The van der Waals surface area contributed by atoms with E-state index in [1.54, 1.807) is 13.0 Å². The Morgan fingerprint density at radius 2 is 1.86 bits per heavy atom. The van der Waals surface area contributed by atoms with Gasteiger partial charge in [0.1, 0.15) is 0 Å². The molecular formula is C14H19FN2O4S. The van der Waals surface area contributed by atoms with Crippen LogP contribution >= 0.6 is 0 Å². The van der Waals surface area contributed by atoms with Crippen LogP contribution in [0, 0.1) is 5.82 Å². The molecule has 8 heteroatoms. The van der Waals surface area contributed by atoms with Crippen LogP contribution in [-0.2, 0) is 14.8 Å². The maximum Gasteiger partial charge on any atom is 0.260 e. The third-order valence-corrected chi connectivity index (χ3v) is 5.42. The molecule has 0 aliphatic carbocycles. The van der Waals surface area contributed by atoms with Crippen LogP contribution in [0.3, 0.4) is 0 Å². The number of carbonyl (C=O) groups excluding carboxylic acids is 1. The van der Waals surface area contributed by atoms with Crippen LogP contribution < -0.4 is 4.74 Å². The van der Waals surface area contributed by atoms with Gasteiger partial charge in [-0.15, -0.1) is 0 Å². The second-order valence-electron chi connectivity index (χ2n) is 4.90. The Kier molecular flexibility index (Phi) is 5.36. The number of sulfonamides is 1. The Morgan fingerprint density at radius 1 is 1.23 bits per heavy atom. The molecule has 0 saturated carbocycles. The van der Waals surface area contributed by atoms with Crippen molar-refractivity contribution in [2.24, 2.45) is 0 Å². The topological polar surface area (TPSA) is 66.9 Å². The zero-order valence-corrected chi connectivity index (χ0v) is 13.2. The summed E-state index contributed by atoms with van der Waals surface area (Å²) in [5.74, 6) is -0.717. The summed E-state index contributed by atoms with van der Waals surface area (Å²) in [4.78, 5) is 13.5. The van der Waals surface area contributed by atoms with Crippen LogP contribution in [0.25, 0.3) is 0 Å². The molecule has 1 aliphatic rings. The highest BCUT2D eigenvalue weighted by Crippen LogP contribution is 2.15. The largest absolute Gasteiger partial charge is 0.481 e. The molecule has 1 fully saturated rings. The van der Waals surface area contributed by atoms with Gasteiger partial charge >= 0.3 is 0 Å². The zero-order chi connectivity index (χ0) is 16.2. The van der Waals surface area contributed by atoms with Gasteiger partial charge in [0, 0.05) is 26.2 Å². The average molecular weight is 330 g/mol. The van der Waals surface area contributed by atoms with Crippen molar-refractivity contribution in [1.29, 1.82) is 0 Å². The van der Waals surface area contributed by atoms with E-state index in [4.69, 9.17) is 4.74 Å². The summed E-state index contributed by atoms with van der Waals surface area (Å²) in [5.41, 5.74) is 0. The monoisotopic (exact) mass is 330 g/mol. The number of para-hydroxylation sites is 1. The van der Waals surface area contributed by atoms with Gasteiger partial charge in [-0.3, -0.25) is 4.79 Å². The first-order chi connectivity index (χ1) is 10.4. The van der Waals surface area contributed by atoms with Crippen molar-refractivity contribution >= 4 is 15.9 Å². The van der Waals surface area contributed by atoms with Gasteiger partial charge in [-0.25, -0.2) is 12.8 Å². The fourth-order valence-corrected chi connectivity index (χ4v) is 3.28. The van der Waals surface area contributed by atoms with E-state index < -0.39 is 15.8 Å². The Morgan fingerprint density at radius 3 is 2.45 bits per heavy atom. The van der Waals surface area contributed by atoms with Gasteiger partial charge in [0.25, 0.3) is 5.91 Å². The molecule has 1 heterocycles. The number of piperazine rings is 1. The molecule has 1 aromatic rings. The molecule has 1 saturated heterocycles. The predicted molar refractivity (Wildman–Crippen MR) is 79.5 cm³/mol. The summed E-state index contributed by atoms with van der Waals surface area (Å²) < 4.78 is 43.4. The summed E-state index contributed by atoms with van der Waals surface area (Å²) in [6.07, 6.45) is 0. The number of ether oxygens (including phenoxy) is 1. The first-order valence-corrected chi connectivity index (χ1v) is 8.68. The Hall–Kier alpha value is -1.67. The smallest absolute Gasteiger partial charge is 0.260 e. The van der Waals surface area contributed by atoms with Crippen molar-refractivity contribution < 1.29 is 22.3 Å². The fourth-order valence-electron chi connectivity index (χ4n) is 2.19. The van der Waals surface area contributed by atoms with Gasteiger partial charge in [0.05, 0.1) is 5.75 Å². The lowest BCUT2D eigenvalue weighted by atomic mass is 10.3.